The number of nitrogens with two attached hydrogens (primary N) is 1. The van der Waals surface area contributed by atoms with E-state index < -0.39 is 0 Å². The maximum Gasteiger partial charge on any atom is 0.128 e. The van der Waals surface area contributed by atoms with Crippen LogP contribution in [0.25, 0.3) is 0 Å². The second kappa shape index (κ2) is 6.81. The first-order valence-corrected chi connectivity index (χ1v) is 6.72. The lowest BCUT2D eigenvalue weighted by atomic mass is 10.1. The van der Waals surface area contributed by atoms with Crippen molar-refractivity contribution in [3.05, 3.63) is 35.1 Å². The van der Waals surface area contributed by atoms with Crippen molar-refractivity contribution in [1.82, 2.24) is 4.90 Å². The molecule has 0 saturated heterocycles. The van der Waals surface area contributed by atoms with Gasteiger partial charge in [-0.1, -0.05) is 38.2 Å². The summed E-state index contributed by atoms with van der Waals surface area (Å²) in [5.41, 5.74) is 6.76. The molecule has 0 bridgehead atoms. The van der Waals surface area contributed by atoms with Crippen LogP contribution in [0.5, 0.6) is 0 Å². The Morgan fingerprint density at radius 1 is 1.44 bits per heavy atom. The third-order valence-corrected chi connectivity index (χ3v) is 3.57. The molecule has 1 aromatic carbocycles. The van der Waals surface area contributed by atoms with Crippen molar-refractivity contribution in [3.8, 4) is 0 Å². The predicted octanol–water partition coefficient (Wildman–Crippen LogP) is 3.08. The van der Waals surface area contributed by atoms with Crippen LogP contribution < -0.4 is 5.73 Å². The van der Waals surface area contributed by atoms with E-state index in [1.807, 2.05) is 0 Å². The molecule has 0 aliphatic carbocycles. The predicted molar refractivity (Wildman–Crippen MR) is 78.1 cm³/mol. The van der Waals surface area contributed by atoms with Crippen molar-refractivity contribution in [1.29, 1.82) is 0 Å². The van der Waals surface area contributed by atoms with Crippen LogP contribution in [-0.2, 0) is 6.54 Å². The van der Waals surface area contributed by atoms with E-state index in [0.29, 0.717) is 23.7 Å². The average molecular weight is 268 g/mol. The minimum atomic E-state index is -0.234. The topological polar surface area (TPSA) is 29.3 Å². The van der Waals surface area contributed by atoms with Gasteiger partial charge in [0.2, 0.25) is 0 Å². The van der Waals surface area contributed by atoms with Gasteiger partial charge in [0.25, 0.3) is 0 Å². The van der Waals surface area contributed by atoms with Gasteiger partial charge in [0.15, 0.2) is 0 Å². The molecule has 0 aromatic heterocycles. The van der Waals surface area contributed by atoms with Crippen molar-refractivity contribution in [2.24, 2.45) is 5.73 Å². The highest BCUT2D eigenvalue weighted by Crippen LogP contribution is 2.15. The molecular formula is C14H21FN2S. The molecule has 4 heteroatoms. The zero-order valence-corrected chi connectivity index (χ0v) is 12.1. The monoisotopic (exact) mass is 268 g/mol. The van der Waals surface area contributed by atoms with Crippen LogP contribution in [-0.4, -0.2) is 22.5 Å². The molecule has 0 heterocycles. The van der Waals surface area contributed by atoms with E-state index in [-0.39, 0.29) is 10.8 Å². The second-order valence-electron chi connectivity index (χ2n) is 4.49. The van der Waals surface area contributed by atoms with Gasteiger partial charge in [-0.2, -0.15) is 0 Å². The molecule has 0 aliphatic heterocycles. The van der Waals surface area contributed by atoms with Crippen LogP contribution in [0.3, 0.4) is 0 Å². The zero-order valence-electron chi connectivity index (χ0n) is 11.2. The summed E-state index contributed by atoms with van der Waals surface area (Å²) in [6.45, 7) is 7.91. The molecule has 0 radical (unpaired) electrons. The second-order valence-corrected chi connectivity index (χ2v) is 4.93. The Morgan fingerprint density at radius 2 is 2.11 bits per heavy atom. The summed E-state index contributed by atoms with van der Waals surface area (Å²) in [6.07, 6.45) is 1.06. The summed E-state index contributed by atoms with van der Waals surface area (Å²) in [5.74, 6) is -0.234. The number of nitrogens with zero attached hydrogens (tertiary/aromatic N) is 1. The summed E-state index contributed by atoms with van der Waals surface area (Å²) < 4.78 is 13.9. The van der Waals surface area contributed by atoms with E-state index in [4.69, 9.17) is 18.0 Å². The highest BCUT2D eigenvalue weighted by Gasteiger charge is 2.13. The number of thiocarbonyl (C=S) groups is 1. The molecule has 0 spiro atoms. The summed E-state index contributed by atoms with van der Waals surface area (Å²) >= 11 is 4.84. The van der Waals surface area contributed by atoms with Gasteiger partial charge in [0.05, 0.1) is 0 Å². The Morgan fingerprint density at radius 3 is 2.56 bits per heavy atom. The van der Waals surface area contributed by atoms with Crippen LogP contribution in [0, 0.1) is 5.82 Å². The number of halogens is 1. The van der Waals surface area contributed by atoms with E-state index >= 15 is 0 Å². The van der Waals surface area contributed by atoms with Gasteiger partial charge >= 0.3 is 0 Å². The highest BCUT2D eigenvalue weighted by molar-refractivity contribution is 7.80. The molecule has 1 atom stereocenters. The van der Waals surface area contributed by atoms with E-state index in [2.05, 4.69) is 25.7 Å². The average Bonchev–Trinajstić information content (AvgIpc) is 2.36. The lowest BCUT2D eigenvalue weighted by molar-refractivity contribution is 0.203. The van der Waals surface area contributed by atoms with Crippen molar-refractivity contribution in [3.63, 3.8) is 0 Å². The van der Waals surface area contributed by atoms with E-state index in [0.717, 1.165) is 13.0 Å². The fourth-order valence-electron chi connectivity index (χ4n) is 1.89. The number of benzene rings is 1. The van der Waals surface area contributed by atoms with Gasteiger partial charge < -0.3 is 5.73 Å². The van der Waals surface area contributed by atoms with Crippen LogP contribution in [0.1, 0.15) is 38.3 Å². The molecule has 0 fully saturated rings. The molecule has 1 unspecified atom stereocenters. The summed E-state index contributed by atoms with van der Waals surface area (Å²) in [5, 5.41) is 0. The summed E-state index contributed by atoms with van der Waals surface area (Å²) in [4.78, 5) is 2.48. The van der Waals surface area contributed by atoms with E-state index in [9.17, 15) is 4.39 Å². The molecule has 100 valence electrons. The first-order chi connectivity index (χ1) is 8.49. The first-order valence-electron chi connectivity index (χ1n) is 6.31. The Kier molecular flexibility index (Phi) is 5.69. The Labute approximate surface area is 114 Å². The summed E-state index contributed by atoms with van der Waals surface area (Å²) in [7, 11) is 0. The quantitative estimate of drug-likeness (QED) is 0.804. The zero-order chi connectivity index (χ0) is 13.7. The van der Waals surface area contributed by atoms with Crippen LogP contribution in [0.2, 0.25) is 0 Å². The minimum absolute atomic E-state index is 0.231. The lowest BCUT2D eigenvalue weighted by Crippen LogP contribution is -2.32. The van der Waals surface area contributed by atoms with Crippen molar-refractivity contribution in [2.75, 3.05) is 6.54 Å². The number of rotatable bonds is 6. The molecule has 1 rings (SSSR count). The van der Waals surface area contributed by atoms with Crippen molar-refractivity contribution >= 4 is 17.2 Å². The van der Waals surface area contributed by atoms with Gasteiger partial charge in [0.1, 0.15) is 10.8 Å². The summed E-state index contributed by atoms with van der Waals surface area (Å²) in [6, 6.07) is 5.42. The van der Waals surface area contributed by atoms with Gasteiger partial charge in [-0.15, -0.1) is 0 Å². The van der Waals surface area contributed by atoms with Gasteiger partial charge in [-0.25, -0.2) is 4.39 Å². The first kappa shape index (κ1) is 15.1. The molecule has 2 nitrogen and oxygen atoms in total. The molecule has 2 N–H and O–H groups in total. The fraction of sp³-hybridized carbons (Fsp3) is 0.500. The molecule has 0 amide bonds. The standard InChI is InChI=1S/C14H21FN2S/c1-4-10(3)17(5-2)9-12-7-6-11(14(16)18)8-13(12)15/h6-8,10H,4-5,9H2,1-3H3,(H2,16,18). The molecular weight excluding hydrogens is 247 g/mol. The highest BCUT2D eigenvalue weighted by atomic mass is 32.1. The maximum absolute atomic E-state index is 13.9. The normalized spacial score (nSPS) is 12.7. The largest absolute Gasteiger partial charge is 0.389 e. The van der Waals surface area contributed by atoms with Crippen molar-refractivity contribution < 1.29 is 4.39 Å². The molecule has 0 saturated carbocycles. The fourth-order valence-corrected chi connectivity index (χ4v) is 2.01. The van der Waals surface area contributed by atoms with Crippen LogP contribution in [0.4, 0.5) is 4.39 Å². The van der Waals surface area contributed by atoms with E-state index in [1.165, 1.54) is 6.07 Å². The number of hydrogen-bond donors (Lipinski definition) is 1. The number of hydrogen-bond acceptors (Lipinski definition) is 2. The van der Waals surface area contributed by atoms with Crippen LogP contribution >= 0.6 is 12.2 Å². The molecule has 0 aliphatic rings. The maximum atomic E-state index is 13.9. The van der Waals surface area contributed by atoms with Crippen molar-refractivity contribution in [2.45, 2.75) is 39.8 Å². The van der Waals surface area contributed by atoms with Gasteiger partial charge in [-0.05, 0) is 26.0 Å². The third kappa shape index (κ3) is 3.75. The minimum Gasteiger partial charge on any atom is -0.389 e. The van der Waals surface area contributed by atoms with E-state index in [1.54, 1.807) is 12.1 Å². The Balaban J connectivity index is 2.87. The lowest BCUT2D eigenvalue weighted by Gasteiger charge is -2.27. The Bertz CT molecular complexity index is 420. The SMILES string of the molecule is CCC(C)N(CC)Cc1ccc(C(N)=S)cc1F. The smallest absolute Gasteiger partial charge is 0.128 e. The van der Waals surface area contributed by atoms with Gasteiger partial charge in [0, 0.05) is 23.7 Å². The Hall–Kier alpha value is -1.00. The van der Waals surface area contributed by atoms with Crippen LogP contribution in [0.15, 0.2) is 18.2 Å². The van der Waals surface area contributed by atoms with Gasteiger partial charge in [-0.3, -0.25) is 4.90 Å². The molecule has 1 aromatic rings. The third-order valence-electron chi connectivity index (χ3n) is 3.33. The molecule has 18 heavy (non-hydrogen) atoms.